The molecule has 1 aliphatic heterocycles. The Hall–Kier alpha value is -2.74. The minimum atomic E-state index is -2.45. The number of hydrogen-bond donors (Lipinski definition) is 2. The maximum absolute atomic E-state index is 12.6. The second-order valence-electron chi connectivity index (χ2n) is 6.52. The zero-order chi connectivity index (χ0) is 18.3. The van der Waals surface area contributed by atoms with Gasteiger partial charge >= 0.3 is 12.1 Å². The van der Waals surface area contributed by atoms with Crippen LogP contribution in [0.1, 0.15) is 41.5 Å². The number of aliphatic carboxylic acids is 1. The predicted octanol–water partition coefficient (Wildman–Crippen LogP) is 1.04. The first kappa shape index (κ1) is 17.6. The molecule has 1 aromatic carbocycles. The zero-order valence-electron chi connectivity index (χ0n) is 13.5. The van der Waals surface area contributed by atoms with E-state index < -0.39 is 41.4 Å². The van der Waals surface area contributed by atoms with E-state index in [0.717, 1.165) is 0 Å². The van der Waals surface area contributed by atoms with Gasteiger partial charge in [0.1, 0.15) is 5.60 Å². The summed E-state index contributed by atoms with van der Waals surface area (Å²) in [6, 6.07) is 5.62. The van der Waals surface area contributed by atoms with Crippen LogP contribution in [-0.2, 0) is 9.53 Å². The molecule has 3 N–H and O–H groups in total. The molecule has 1 unspecified atom stereocenters. The normalized spacial score (nSPS) is 21.1. The lowest BCUT2D eigenvalue weighted by atomic mass is 9.89. The largest absolute Gasteiger partial charge is 0.479 e. The third-order valence-electron chi connectivity index (χ3n) is 3.46. The van der Waals surface area contributed by atoms with Gasteiger partial charge in [-0.15, -0.1) is 0 Å². The van der Waals surface area contributed by atoms with Crippen molar-refractivity contribution in [2.24, 2.45) is 5.73 Å². The fraction of sp³-hybridized carbons (Fsp3) is 0.375. The third kappa shape index (κ3) is 3.00. The number of carbonyl (C=O) groups excluding carboxylic acids is 3. The average molecular weight is 334 g/mol. The van der Waals surface area contributed by atoms with Crippen LogP contribution in [-0.4, -0.2) is 51.4 Å². The first-order valence-electron chi connectivity index (χ1n) is 7.18. The van der Waals surface area contributed by atoms with Crippen LogP contribution in [0.2, 0.25) is 0 Å². The van der Waals surface area contributed by atoms with E-state index in [9.17, 15) is 24.3 Å². The number of Topliss-reactive ketones (excluding diaryl/α,β-unsaturated/α-hetero) is 1. The van der Waals surface area contributed by atoms with Crippen molar-refractivity contribution in [1.82, 2.24) is 4.90 Å². The van der Waals surface area contributed by atoms with Crippen molar-refractivity contribution in [2.45, 2.75) is 31.9 Å². The maximum atomic E-state index is 12.6. The molecule has 0 aromatic heterocycles. The highest BCUT2D eigenvalue weighted by Crippen LogP contribution is 2.25. The van der Waals surface area contributed by atoms with Crippen LogP contribution in [0.5, 0.6) is 0 Å². The molecule has 1 aromatic rings. The van der Waals surface area contributed by atoms with Crippen molar-refractivity contribution >= 4 is 23.8 Å². The fourth-order valence-corrected chi connectivity index (χ4v) is 2.28. The SMILES string of the molecule is CC(C)(C)OC(=O)N1CC(N)(C(=O)O)C(=O)c2ccccc2C1=O. The van der Waals surface area contributed by atoms with E-state index >= 15 is 0 Å². The van der Waals surface area contributed by atoms with Gasteiger partial charge in [0.2, 0.25) is 0 Å². The smallest absolute Gasteiger partial charge is 0.417 e. The van der Waals surface area contributed by atoms with Crippen molar-refractivity contribution in [3.8, 4) is 0 Å². The fourth-order valence-electron chi connectivity index (χ4n) is 2.28. The van der Waals surface area contributed by atoms with Crippen LogP contribution in [0.15, 0.2) is 24.3 Å². The first-order valence-corrected chi connectivity index (χ1v) is 7.18. The number of fused-ring (bicyclic) bond motifs is 1. The van der Waals surface area contributed by atoms with Gasteiger partial charge in [-0.1, -0.05) is 18.2 Å². The van der Waals surface area contributed by atoms with Gasteiger partial charge in [-0.3, -0.25) is 9.59 Å². The minimum Gasteiger partial charge on any atom is -0.479 e. The number of carboxylic acids is 1. The molecule has 8 heteroatoms. The topological polar surface area (TPSA) is 127 Å². The molecule has 8 nitrogen and oxygen atoms in total. The summed E-state index contributed by atoms with van der Waals surface area (Å²) in [5.74, 6) is -3.41. The molecular formula is C16H18N2O6. The summed E-state index contributed by atoms with van der Waals surface area (Å²) in [4.78, 5) is 49.7. The summed E-state index contributed by atoms with van der Waals surface area (Å²) in [6.45, 7) is 3.97. The Kier molecular flexibility index (Phi) is 4.19. The van der Waals surface area contributed by atoms with Crippen molar-refractivity contribution in [2.75, 3.05) is 6.54 Å². The number of benzene rings is 1. The quantitative estimate of drug-likeness (QED) is 0.735. The molecule has 0 fully saturated rings. The summed E-state index contributed by atoms with van der Waals surface area (Å²) in [6.07, 6.45) is -1.06. The highest BCUT2D eigenvalue weighted by atomic mass is 16.6. The van der Waals surface area contributed by atoms with E-state index in [2.05, 4.69) is 0 Å². The Labute approximate surface area is 138 Å². The molecule has 2 amide bonds. The monoisotopic (exact) mass is 334 g/mol. The van der Waals surface area contributed by atoms with Crippen molar-refractivity contribution in [1.29, 1.82) is 0 Å². The Balaban J connectivity index is 2.59. The van der Waals surface area contributed by atoms with Gasteiger partial charge in [0.05, 0.1) is 12.1 Å². The molecule has 2 rings (SSSR count). The third-order valence-corrected chi connectivity index (χ3v) is 3.46. The predicted molar refractivity (Wildman–Crippen MR) is 82.6 cm³/mol. The lowest BCUT2D eigenvalue weighted by molar-refractivity contribution is -0.141. The number of hydrogen-bond acceptors (Lipinski definition) is 6. The lowest BCUT2D eigenvalue weighted by Gasteiger charge is -2.29. The van der Waals surface area contributed by atoms with Gasteiger partial charge in [-0.2, -0.15) is 0 Å². The number of ketones is 1. The summed E-state index contributed by atoms with van der Waals surface area (Å²) in [7, 11) is 0. The highest BCUT2D eigenvalue weighted by Gasteiger charge is 2.50. The van der Waals surface area contributed by atoms with Crippen LogP contribution in [0, 0.1) is 0 Å². The number of nitrogens with two attached hydrogens (primary N) is 1. The first-order chi connectivity index (χ1) is 11.0. The lowest BCUT2D eigenvalue weighted by Crippen LogP contribution is -2.62. The number of imide groups is 1. The van der Waals surface area contributed by atoms with Gasteiger partial charge in [0.15, 0.2) is 11.3 Å². The zero-order valence-corrected chi connectivity index (χ0v) is 13.5. The second kappa shape index (κ2) is 5.72. The Bertz CT molecular complexity index is 736. The average Bonchev–Trinajstić information content (AvgIpc) is 2.56. The van der Waals surface area contributed by atoms with E-state index in [0.29, 0.717) is 4.90 Å². The van der Waals surface area contributed by atoms with Crippen molar-refractivity contribution < 1.29 is 29.0 Å². The van der Waals surface area contributed by atoms with Crippen LogP contribution in [0.4, 0.5) is 4.79 Å². The standard InChI is InChI=1S/C16H18N2O6/c1-15(2,3)24-14(23)18-8-16(17,13(21)22)11(19)9-6-4-5-7-10(9)12(18)20/h4-7H,8,17H2,1-3H3,(H,21,22). The molecule has 1 aliphatic rings. The molecule has 1 atom stereocenters. The van der Waals surface area contributed by atoms with Crippen molar-refractivity contribution in [3.63, 3.8) is 0 Å². The van der Waals surface area contributed by atoms with Gasteiger partial charge < -0.3 is 15.6 Å². The summed E-state index contributed by atoms with van der Waals surface area (Å²) < 4.78 is 5.13. The molecule has 24 heavy (non-hydrogen) atoms. The number of nitrogens with zero attached hydrogens (tertiary/aromatic N) is 1. The number of ether oxygens (including phenoxy) is 1. The number of rotatable bonds is 1. The van der Waals surface area contributed by atoms with E-state index in [1.54, 1.807) is 20.8 Å². The molecule has 0 bridgehead atoms. The van der Waals surface area contributed by atoms with Crippen LogP contribution in [0.25, 0.3) is 0 Å². The summed E-state index contributed by atoms with van der Waals surface area (Å²) >= 11 is 0. The molecule has 0 radical (unpaired) electrons. The highest BCUT2D eigenvalue weighted by molar-refractivity contribution is 6.23. The molecular weight excluding hydrogens is 316 g/mol. The minimum absolute atomic E-state index is 0.0954. The molecule has 0 saturated carbocycles. The Morgan fingerprint density at radius 3 is 2.25 bits per heavy atom. The summed E-state index contributed by atoms with van der Waals surface area (Å²) in [5, 5.41) is 9.40. The number of carboxylic acid groups (broad SMARTS) is 1. The maximum Gasteiger partial charge on any atom is 0.417 e. The van der Waals surface area contributed by atoms with Crippen LogP contribution in [0.3, 0.4) is 0 Å². The van der Waals surface area contributed by atoms with E-state index in [-0.39, 0.29) is 11.1 Å². The molecule has 1 heterocycles. The number of carbonyl (C=O) groups is 4. The Morgan fingerprint density at radius 2 is 1.75 bits per heavy atom. The van der Waals surface area contributed by atoms with E-state index in [4.69, 9.17) is 10.5 Å². The van der Waals surface area contributed by atoms with Gasteiger partial charge in [0.25, 0.3) is 5.91 Å². The molecule has 0 saturated heterocycles. The second-order valence-corrected chi connectivity index (χ2v) is 6.52. The molecule has 0 aliphatic carbocycles. The van der Waals surface area contributed by atoms with Crippen LogP contribution < -0.4 is 5.73 Å². The molecule has 0 spiro atoms. The van der Waals surface area contributed by atoms with Gasteiger partial charge in [-0.25, -0.2) is 14.5 Å². The van der Waals surface area contributed by atoms with Gasteiger partial charge in [-0.05, 0) is 26.8 Å². The van der Waals surface area contributed by atoms with Crippen molar-refractivity contribution in [3.05, 3.63) is 35.4 Å². The molecule has 128 valence electrons. The van der Waals surface area contributed by atoms with Crippen LogP contribution >= 0.6 is 0 Å². The Morgan fingerprint density at radius 1 is 1.21 bits per heavy atom. The van der Waals surface area contributed by atoms with Gasteiger partial charge in [0, 0.05) is 5.56 Å². The number of amides is 2. The van der Waals surface area contributed by atoms with E-state index in [1.165, 1.54) is 24.3 Å². The summed E-state index contributed by atoms with van der Waals surface area (Å²) in [5.41, 5.74) is 2.17. The van der Waals surface area contributed by atoms with E-state index in [1.807, 2.05) is 0 Å².